The maximum absolute atomic E-state index is 12.1. The third-order valence-corrected chi connectivity index (χ3v) is 3.55. The van der Waals surface area contributed by atoms with Crippen LogP contribution in [0.2, 0.25) is 0 Å². The van der Waals surface area contributed by atoms with Crippen LogP contribution in [-0.4, -0.2) is 35.2 Å². The van der Waals surface area contributed by atoms with E-state index in [1.807, 2.05) is 54.6 Å². The number of hydrogen-bond acceptors (Lipinski definition) is 3. The summed E-state index contributed by atoms with van der Waals surface area (Å²) in [6.45, 7) is 4.52. The molecule has 0 unspecified atom stereocenters. The van der Waals surface area contributed by atoms with Crippen molar-refractivity contribution in [3.63, 3.8) is 0 Å². The van der Waals surface area contributed by atoms with Gasteiger partial charge in [-0.3, -0.25) is 0 Å². The van der Waals surface area contributed by atoms with Crippen LogP contribution in [0, 0.1) is 0 Å². The third-order valence-electron chi connectivity index (χ3n) is 3.55. The topological polar surface area (TPSA) is 61.8 Å². The van der Waals surface area contributed by atoms with E-state index in [0.717, 1.165) is 16.9 Å². The number of carbonyl (C=O) groups excluding carboxylic acids is 1. The molecule has 2 amide bonds. The third kappa shape index (κ3) is 6.85. The molecule has 2 rings (SSSR count). The Kier molecular flexibility index (Phi) is 6.42. The highest BCUT2D eigenvalue weighted by atomic mass is 16.5. The number of likely N-dealkylation sites (N-methyl/N-ethyl adjacent to an activating group) is 1. The Hall–Kier alpha value is -2.53. The number of amides is 2. The zero-order chi connectivity index (χ0) is 18.3. The average molecular weight is 342 g/mol. The molecule has 5 nitrogen and oxygen atoms in total. The first-order valence-electron chi connectivity index (χ1n) is 8.30. The van der Waals surface area contributed by atoms with Crippen LogP contribution in [0.15, 0.2) is 54.6 Å². The molecule has 0 bridgehead atoms. The van der Waals surface area contributed by atoms with Crippen molar-refractivity contribution in [3.8, 4) is 5.75 Å². The first-order chi connectivity index (χ1) is 11.8. The lowest BCUT2D eigenvalue weighted by Crippen LogP contribution is -2.44. The molecular formula is C20H26N2O3. The Balaban J connectivity index is 1.85. The number of carbonyl (C=O) groups is 1. The highest BCUT2D eigenvalue weighted by Crippen LogP contribution is 2.13. The monoisotopic (exact) mass is 342 g/mol. The molecule has 0 aliphatic carbocycles. The predicted molar refractivity (Wildman–Crippen MR) is 98.4 cm³/mol. The van der Waals surface area contributed by atoms with Crippen molar-refractivity contribution >= 4 is 6.03 Å². The summed E-state index contributed by atoms with van der Waals surface area (Å²) in [6, 6.07) is 17.4. The van der Waals surface area contributed by atoms with Gasteiger partial charge in [0.2, 0.25) is 0 Å². The van der Waals surface area contributed by atoms with Crippen LogP contribution in [0.3, 0.4) is 0 Å². The Labute approximate surface area is 149 Å². The van der Waals surface area contributed by atoms with Crippen LogP contribution in [0.1, 0.15) is 25.0 Å². The van der Waals surface area contributed by atoms with Crippen molar-refractivity contribution in [1.29, 1.82) is 0 Å². The normalized spacial score (nSPS) is 11.0. The van der Waals surface area contributed by atoms with Crippen LogP contribution < -0.4 is 10.1 Å². The molecule has 0 fully saturated rings. The molecule has 2 aromatic carbocycles. The van der Waals surface area contributed by atoms with E-state index in [1.165, 1.54) is 4.90 Å². The zero-order valence-electron chi connectivity index (χ0n) is 15.0. The molecule has 0 aromatic heterocycles. The van der Waals surface area contributed by atoms with Gasteiger partial charge in [0.15, 0.2) is 0 Å². The molecule has 2 aromatic rings. The number of rotatable bonds is 7. The molecule has 0 heterocycles. The average Bonchev–Trinajstić information content (AvgIpc) is 2.57. The fraction of sp³-hybridized carbons (Fsp3) is 0.350. The minimum atomic E-state index is -0.916. The fourth-order valence-electron chi connectivity index (χ4n) is 2.48. The van der Waals surface area contributed by atoms with Gasteiger partial charge in [-0.2, -0.15) is 0 Å². The quantitative estimate of drug-likeness (QED) is 0.812. The van der Waals surface area contributed by atoms with Gasteiger partial charge in [-0.05, 0) is 37.1 Å². The van der Waals surface area contributed by atoms with E-state index < -0.39 is 5.60 Å². The lowest BCUT2D eigenvalue weighted by Gasteiger charge is -2.25. The molecule has 0 spiro atoms. The van der Waals surface area contributed by atoms with Gasteiger partial charge < -0.3 is 20.1 Å². The smallest absolute Gasteiger partial charge is 0.317 e. The minimum absolute atomic E-state index is 0.215. The standard InChI is InChI=1S/C20H26N2O3/c1-20(2,24)15-22(3)19(23)21-13-16-8-7-9-17(12-16)14-25-18-10-5-4-6-11-18/h4-12,24H,13-15H2,1-3H3,(H,21,23). The molecule has 0 aliphatic heterocycles. The summed E-state index contributed by atoms with van der Waals surface area (Å²) in [7, 11) is 1.66. The molecule has 25 heavy (non-hydrogen) atoms. The van der Waals surface area contributed by atoms with Gasteiger partial charge in [0.1, 0.15) is 12.4 Å². The maximum atomic E-state index is 12.1. The number of urea groups is 1. The van der Waals surface area contributed by atoms with E-state index in [4.69, 9.17) is 4.74 Å². The molecule has 0 radical (unpaired) electrons. The number of nitrogens with zero attached hydrogens (tertiary/aromatic N) is 1. The summed E-state index contributed by atoms with van der Waals surface area (Å²) in [5.74, 6) is 0.828. The molecule has 5 heteroatoms. The first-order valence-corrected chi connectivity index (χ1v) is 8.30. The van der Waals surface area contributed by atoms with Gasteiger partial charge >= 0.3 is 6.03 Å². The molecule has 2 N–H and O–H groups in total. The van der Waals surface area contributed by atoms with Gasteiger partial charge in [0, 0.05) is 13.6 Å². The second-order valence-electron chi connectivity index (χ2n) is 6.75. The summed E-state index contributed by atoms with van der Waals surface area (Å²) in [4.78, 5) is 13.5. The van der Waals surface area contributed by atoms with Crippen molar-refractivity contribution in [2.45, 2.75) is 32.6 Å². The van der Waals surface area contributed by atoms with Crippen molar-refractivity contribution in [1.82, 2.24) is 10.2 Å². The Morgan fingerprint density at radius 3 is 2.48 bits per heavy atom. The maximum Gasteiger partial charge on any atom is 0.317 e. The number of hydrogen-bond donors (Lipinski definition) is 2. The second kappa shape index (κ2) is 8.53. The molecule has 0 saturated heterocycles. The van der Waals surface area contributed by atoms with Crippen LogP contribution in [0.5, 0.6) is 5.75 Å². The Morgan fingerprint density at radius 2 is 1.80 bits per heavy atom. The van der Waals surface area contributed by atoms with Crippen LogP contribution in [-0.2, 0) is 13.2 Å². The van der Waals surface area contributed by atoms with E-state index in [1.54, 1.807) is 20.9 Å². The van der Waals surface area contributed by atoms with Crippen LogP contribution in [0.4, 0.5) is 4.79 Å². The zero-order valence-corrected chi connectivity index (χ0v) is 15.0. The van der Waals surface area contributed by atoms with Crippen molar-refractivity contribution in [2.24, 2.45) is 0 Å². The Morgan fingerprint density at radius 1 is 1.12 bits per heavy atom. The summed E-state index contributed by atoms with van der Waals surface area (Å²) in [6.07, 6.45) is 0. The number of aliphatic hydroxyl groups is 1. The highest BCUT2D eigenvalue weighted by Gasteiger charge is 2.18. The van der Waals surface area contributed by atoms with E-state index in [9.17, 15) is 9.90 Å². The Bertz CT molecular complexity index is 681. The minimum Gasteiger partial charge on any atom is -0.489 e. The SMILES string of the molecule is CN(CC(C)(C)O)C(=O)NCc1cccc(COc2ccccc2)c1. The summed E-state index contributed by atoms with van der Waals surface area (Å²) in [5.41, 5.74) is 1.13. The second-order valence-corrected chi connectivity index (χ2v) is 6.75. The molecule has 0 atom stereocenters. The van der Waals surface area contributed by atoms with Crippen LogP contribution >= 0.6 is 0 Å². The molecule has 0 aliphatic rings. The van der Waals surface area contributed by atoms with Crippen LogP contribution in [0.25, 0.3) is 0 Å². The number of nitrogens with one attached hydrogen (secondary N) is 1. The summed E-state index contributed by atoms with van der Waals surface area (Å²) < 4.78 is 5.74. The highest BCUT2D eigenvalue weighted by molar-refractivity contribution is 5.73. The molecule has 0 saturated carbocycles. The summed E-state index contributed by atoms with van der Waals surface area (Å²) >= 11 is 0. The lowest BCUT2D eigenvalue weighted by molar-refractivity contribution is 0.0531. The van der Waals surface area contributed by atoms with Crippen molar-refractivity contribution < 1.29 is 14.6 Å². The van der Waals surface area contributed by atoms with Gasteiger partial charge in [0.05, 0.1) is 12.1 Å². The summed E-state index contributed by atoms with van der Waals surface area (Å²) in [5, 5.41) is 12.6. The van der Waals surface area contributed by atoms with Gasteiger partial charge in [-0.1, -0.05) is 42.5 Å². The van der Waals surface area contributed by atoms with Gasteiger partial charge in [-0.25, -0.2) is 4.79 Å². The first kappa shape index (κ1) is 18.8. The van der Waals surface area contributed by atoms with Gasteiger partial charge in [0.25, 0.3) is 0 Å². The van der Waals surface area contributed by atoms with E-state index >= 15 is 0 Å². The van der Waals surface area contributed by atoms with E-state index in [0.29, 0.717) is 13.2 Å². The van der Waals surface area contributed by atoms with E-state index in [2.05, 4.69) is 5.32 Å². The van der Waals surface area contributed by atoms with Crippen molar-refractivity contribution in [2.75, 3.05) is 13.6 Å². The largest absolute Gasteiger partial charge is 0.489 e. The predicted octanol–water partition coefficient (Wildman–Crippen LogP) is 3.18. The molecule has 134 valence electrons. The number of para-hydroxylation sites is 1. The fourth-order valence-corrected chi connectivity index (χ4v) is 2.48. The van der Waals surface area contributed by atoms with Crippen molar-refractivity contribution in [3.05, 3.63) is 65.7 Å². The number of benzene rings is 2. The molecular weight excluding hydrogens is 316 g/mol. The van der Waals surface area contributed by atoms with E-state index in [-0.39, 0.29) is 12.6 Å². The number of ether oxygens (including phenoxy) is 1. The van der Waals surface area contributed by atoms with Gasteiger partial charge in [-0.15, -0.1) is 0 Å². The lowest BCUT2D eigenvalue weighted by atomic mass is 10.1.